The molecule has 0 bridgehead atoms. The topological polar surface area (TPSA) is 593 Å². The van der Waals surface area contributed by atoms with Crippen molar-refractivity contribution >= 4 is 6.29 Å². The van der Waals surface area contributed by atoms with E-state index in [1.165, 1.54) is 0 Å². The SMILES string of the molecule is O=CC(OC1OC(CO)C(O)C(O)C1OC1OC(CO)C(O)C(O)C1O)C(OC1OC(CO)C(O)C(O)C1O)C(OC1OC(CO)C(O)C(O)C1O)C(COC1OC(CO)C(O)C(O)C1O)OC1OC(CO)C(O)C(O)C1O. The minimum absolute atomic E-state index is 0.207. The second kappa shape index (κ2) is 28.7. The zero-order valence-corrected chi connectivity index (χ0v) is 40.8. The van der Waals surface area contributed by atoms with Crippen LogP contribution in [0.2, 0.25) is 0 Å². The van der Waals surface area contributed by atoms with Crippen LogP contribution in [0.4, 0.5) is 0 Å². The van der Waals surface area contributed by atoms with E-state index >= 15 is 0 Å². The average Bonchev–Trinajstić information content (AvgIpc) is 3.45. The van der Waals surface area contributed by atoms with E-state index in [-0.39, 0.29) is 6.29 Å². The summed E-state index contributed by atoms with van der Waals surface area (Å²) in [4.78, 5) is 13.8. The van der Waals surface area contributed by atoms with E-state index < -0.39 is 255 Å². The Hall–Kier alpha value is -1.73. The molecule has 36 heteroatoms. The van der Waals surface area contributed by atoms with Crippen LogP contribution in [0.3, 0.4) is 0 Å². The summed E-state index contributed by atoms with van der Waals surface area (Å²) in [5, 5.41) is 245. The van der Waals surface area contributed by atoms with Gasteiger partial charge in [0, 0.05) is 0 Å². The molecule has 0 aromatic rings. The number of hydrogen-bond acceptors (Lipinski definition) is 36. The number of hydrogen-bond donors (Lipinski definition) is 23. The molecule has 0 radical (unpaired) electrons. The fourth-order valence-corrected chi connectivity index (χ4v) is 9.33. The van der Waals surface area contributed by atoms with Crippen LogP contribution in [0.1, 0.15) is 0 Å². The highest BCUT2D eigenvalue weighted by molar-refractivity contribution is 5.57. The van der Waals surface area contributed by atoms with Gasteiger partial charge in [-0.05, 0) is 0 Å². The molecule has 6 saturated heterocycles. The Morgan fingerprint density at radius 1 is 0.321 bits per heavy atom. The molecule has 0 aromatic heterocycles. The highest BCUT2D eigenvalue weighted by Crippen LogP contribution is 2.36. The van der Waals surface area contributed by atoms with Crippen LogP contribution < -0.4 is 0 Å². The van der Waals surface area contributed by atoms with Gasteiger partial charge in [0.05, 0.1) is 46.2 Å². The molecule has 0 aliphatic carbocycles. The van der Waals surface area contributed by atoms with Crippen molar-refractivity contribution < 1.29 is 179 Å². The summed E-state index contributed by atoms with van der Waals surface area (Å²) in [6.07, 6.45) is -75.4. The van der Waals surface area contributed by atoms with Crippen LogP contribution in [-0.4, -0.2) is 379 Å². The van der Waals surface area contributed by atoms with Crippen molar-refractivity contribution in [3.05, 3.63) is 0 Å². The molecule has 6 rings (SSSR count). The van der Waals surface area contributed by atoms with Crippen LogP contribution in [0.15, 0.2) is 0 Å². The second-order valence-corrected chi connectivity index (χ2v) is 19.2. The Kier molecular flexibility index (Phi) is 24.1. The molecule has 34 atom stereocenters. The third-order valence-corrected chi connectivity index (χ3v) is 14.1. The molecule has 78 heavy (non-hydrogen) atoms. The number of carbonyl (C=O) groups is 1. The third kappa shape index (κ3) is 13.9. The summed E-state index contributed by atoms with van der Waals surface area (Å²) in [5.41, 5.74) is 0. The number of carbonyl (C=O) groups excluding carboxylic acids is 1. The number of rotatable bonds is 23. The molecule has 34 unspecified atom stereocenters. The van der Waals surface area contributed by atoms with Gasteiger partial charge in [0.1, 0.15) is 171 Å². The van der Waals surface area contributed by atoms with Crippen molar-refractivity contribution in [1.82, 2.24) is 0 Å². The van der Waals surface area contributed by atoms with Gasteiger partial charge in [-0.3, -0.25) is 0 Å². The van der Waals surface area contributed by atoms with E-state index in [1.54, 1.807) is 0 Å². The molecule has 6 fully saturated rings. The Morgan fingerprint density at radius 3 is 0.987 bits per heavy atom. The van der Waals surface area contributed by atoms with Gasteiger partial charge in [-0.25, -0.2) is 0 Å². The van der Waals surface area contributed by atoms with Gasteiger partial charge in [-0.2, -0.15) is 0 Å². The first-order valence-electron chi connectivity index (χ1n) is 24.4. The monoisotopic (exact) mass is 1150 g/mol. The largest absolute Gasteiger partial charge is 0.394 e. The maximum atomic E-state index is 13.8. The van der Waals surface area contributed by atoms with Crippen LogP contribution in [0, 0.1) is 0 Å². The molecule has 456 valence electrons. The smallest absolute Gasteiger partial charge is 0.188 e. The Balaban J connectivity index is 1.53. The van der Waals surface area contributed by atoms with Crippen molar-refractivity contribution in [3.8, 4) is 0 Å². The Labute approximate surface area is 439 Å². The zero-order chi connectivity index (χ0) is 57.8. The summed E-state index contributed by atoms with van der Waals surface area (Å²) in [6, 6.07) is 0. The zero-order valence-electron chi connectivity index (χ0n) is 40.8. The van der Waals surface area contributed by atoms with Crippen molar-refractivity contribution in [2.45, 2.75) is 209 Å². The van der Waals surface area contributed by atoms with Gasteiger partial charge in [0.15, 0.2) is 44.0 Å². The van der Waals surface area contributed by atoms with Crippen molar-refractivity contribution in [1.29, 1.82) is 0 Å². The first-order chi connectivity index (χ1) is 36.9. The quantitative estimate of drug-likeness (QED) is 0.0423. The predicted molar refractivity (Wildman–Crippen MR) is 233 cm³/mol. The number of aliphatic hydroxyl groups is 23. The standard InChI is InChI=1S/C42H72O36/c43-1-9-17(50)23(56)29(62)37(68-9)67-8-16(75-38-30(63)24(57)18(51)10(2-44)69-38)35(77-40-32(65)26(59)20(53)12(4-46)71-40)34(76-39-31(64)25(58)19(52)11(3-45)70-39)15(7-49)74-42-36(28(61)22(55)14(6-48)73-42)78-41-33(66)27(60)21(54)13(5-47)72-41/h7,9-48,50-66H,1-6,8H2. The van der Waals surface area contributed by atoms with Crippen molar-refractivity contribution in [3.63, 3.8) is 0 Å². The van der Waals surface area contributed by atoms with E-state index in [4.69, 9.17) is 56.8 Å². The fraction of sp³-hybridized carbons (Fsp3) is 0.976. The van der Waals surface area contributed by atoms with E-state index in [2.05, 4.69) is 0 Å². The van der Waals surface area contributed by atoms with E-state index in [0.29, 0.717) is 0 Å². The normalized spacial score (nSPS) is 49.2. The summed E-state index contributed by atoms with van der Waals surface area (Å²) in [7, 11) is 0. The molecule has 0 amide bonds. The van der Waals surface area contributed by atoms with Gasteiger partial charge in [-0.15, -0.1) is 0 Å². The average molecular weight is 1150 g/mol. The van der Waals surface area contributed by atoms with Crippen LogP contribution >= 0.6 is 0 Å². The lowest BCUT2D eigenvalue weighted by Gasteiger charge is -2.48. The van der Waals surface area contributed by atoms with Gasteiger partial charge in [0.2, 0.25) is 0 Å². The summed E-state index contributed by atoms with van der Waals surface area (Å²) in [6.45, 7) is -7.92. The number of ether oxygens (including phenoxy) is 12. The molecule has 0 spiro atoms. The van der Waals surface area contributed by atoms with Gasteiger partial charge >= 0.3 is 0 Å². The number of aliphatic hydroxyl groups excluding tert-OH is 23. The lowest BCUT2D eigenvalue weighted by molar-refractivity contribution is -0.387. The van der Waals surface area contributed by atoms with Crippen molar-refractivity contribution in [2.24, 2.45) is 0 Å². The lowest BCUT2D eigenvalue weighted by atomic mass is 9.96. The minimum atomic E-state index is -2.68. The minimum Gasteiger partial charge on any atom is -0.394 e. The lowest BCUT2D eigenvalue weighted by Crippen LogP contribution is -2.67. The van der Waals surface area contributed by atoms with Gasteiger partial charge in [-0.1, -0.05) is 0 Å². The predicted octanol–water partition coefficient (Wildman–Crippen LogP) is -16.4. The molecule has 6 heterocycles. The number of aldehydes is 1. The van der Waals surface area contributed by atoms with Crippen LogP contribution in [0.25, 0.3) is 0 Å². The Morgan fingerprint density at radius 2 is 0.615 bits per heavy atom. The van der Waals surface area contributed by atoms with E-state index in [0.717, 1.165) is 0 Å². The molecular weight excluding hydrogens is 1080 g/mol. The van der Waals surface area contributed by atoms with Gasteiger partial charge in [0.25, 0.3) is 0 Å². The van der Waals surface area contributed by atoms with E-state index in [9.17, 15) is 122 Å². The van der Waals surface area contributed by atoms with Gasteiger partial charge < -0.3 is 179 Å². The third-order valence-electron chi connectivity index (χ3n) is 14.1. The summed E-state index contributed by atoms with van der Waals surface area (Å²) in [5.74, 6) is 0. The maximum Gasteiger partial charge on any atom is 0.188 e. The molecule has 6 aliphatic rings. The highest BCUT2D eigenvalue weighted by atomic mass is 16.8. The fourth-order valence-electron chi connectivity index (χ4n) is 9.33. The second-order valence-electron chi connectivity index (χ2n) is 19.2. The molecule has 0 saturated carbocycles. The first-order valence-corrected chi connectivity index (χ1v) is 24.4. The Bertz CT molecular complexity index is 1790. The van der Waals surface area contributed by atoms with E-state index in [1.807, 2.05) is 0 Å². The molecule has 23 N–H and O–H groups in total. The first kappa shape index (κ1) is 65.4. The van der Waals surface area contributed by atoms with Crippen LogP contribution in [-0.2, 0) is 61.6 Å². The summed E-state index contributed by atoms with van der Waals surface area (Å²) >= 11 is 0. The molecule has 36 nitrogen and oxygen atoms in total. The maximum absolute atomic E-state index is 13.8. The van der Waals surface area contributed by atoms with Crippen LogP contribution in [0.5, 0.6) is 0 Å². The molecule has 0 aromatic carbocycles. The molecular formula is C42H72O36. The summed E-state index contributed by atoms with van der Waals surface area (Å²) < 4.78 is 69.0. The van der Waals surface area contributed by atoms with Crippen molar-refractivity contribution in [2.75, 3.05) is 46.2 Å². The molecule has 6 aliphatic heterocycles. The highest BCUT2D eigenvalue weighted by Gasteiger charge is 2.57.